The Hall–Kier alpha value is -1.81. The highest BCUT2D eigenvalue weighted by molar-refractivity contribution is 5.86. The summed E-state index contributed by atoms with van der Waals surface area (Å²) in [5.41, 5.74) is 8.20. The number of nitrogens with one attached hydrogen (secondary N) is 1. The SMILES string of the molecule is CC(C)N(C)C(=O)C(N)Cc1c[nH]c2ccccc12. The summed E-state index contributed by atoms with van der Waals surface area (Å²) in [4.78, 5) is 17.0. The number of fused-ring (bicyclic) bond motifs is 1. The molecule has 0 aliphatic rings. The molecule has 0 fully saturated rings. The van der Waals surface area contributed by atoms with Crippen molar-refractivity contribution in [3.63, 3.8) is 0 Å². The van der Waals surface area contributed by atoms with Gasteiger partial charge in [0.05, 0.1) is 6.04 Å². The molecule has 1 aromatic heterocycles. The van der Waals surface area contributed by atoms with Crippen LogP contribution in [0.4, 0.5) is 0 Å². The van der Waals surface area contributed by atoms with E-state index in [-0.39, 0.29) is 11.9 Å². The molecule has 19 heavy (non-hydrogen) atoms. The van der Waals surface area contributed by atoms with Crippen LogP contribution in [0.2, 0.25) is 0 Å². The third-order valence-electron chi connectivity index (χ3n) is 3.55. The molecule has 4 nitrogen and oxygen atoms in total. The summed E-state index contributed by atoms with van der Waals surface area (Å²) in [6.07, 6.45) is 2.49. The number of H-pyrrole nitrogens is 1. The van der Waals surface area contributed by atoms with Crippen LogP contribution < -0.4 is 5.73 Å². The summed E-state index contributed by atoms with van der Waals surface area (Å²) in [5.74, 6) is -0.0136. The lowest BCUT2D eigenvalue weighted by atomic mass is 10.0. The Balaban J connectivity index is 2.15. The Labute approximate surface area is 113 Å². The highest BCUT2D eigenvalue weighted by Gasteiger charge is 2.21. The molecule has 2 rings (SSSR count). The van der Waals surface area contributed by atoms with Gasteiger partial charge in [-0.3, -0.25) is 4.79 Å². The van der Waals surface area contributed by atoms with E-state index in [9.17, 15) is 4.79 Å². The third kappa shape index (κ3) is 2.79. The van der Waals surface area contributed by atoms with Gasteiger partial charge in [0.25, 0.3) is 0 Å². The number of hydrogen-bond acceptors (Lipinski definition) is 2. The van der Waals surface area contributed by atoms with Crippen LogP contribution in [0, 0.1) is 0 Å². The number of nitrogens with zero attached hydrogens (tertiary/aromatic N) is 1. The molecule has 3 N–H and O–H groups in total. The Morgan fingerprint density at radius 1 is 1.37 bits per heavy atom. The summed E-state index contributed by atoms with van der Waals surface area (Å²) < 4.78 is 0. The maximum absolute atomic E-state index is 12.1. The van der Waals surface area contributed by atoms with Crippen molar-refractivity contribution in [3.05, 3.63) is 36.0 Å². The molecule has 102 valence electrons. The van der Waals surface area contributed by atoms with Crippen LogP contribution in [0.15, 0.2) is 30.5 Å². The molecule has 1 heterocycles. The minimum absolute atomic E-state index is 0.0136. The molecule has 0 bridgehead atoms. The fourth-order valence-corrected chi connectivity index (χ4v) is 2.14. The summed E-state index contributed by atoms with van der Waals surface area (Å²) >= 11 is 0. The number of likely N-dealkylation sites (N-methyl/N-ethyl adjacent to an activating group) is 1. The number of nitrogens with two attached hydrogens (primary N) is 1. The average molecular weight is 259 g/mol. The lowest BCUT2D eigenvalue weighted by molar-refractivity contribution is -0.132. The summed E-state index contributed by atoms with van der Waals surface area (Å²) in [5, 5.41) is 1.14. The van der Waals surface area contributed by atoms with Crippen LogP contribution in [0.5, 0.6) is 0 Å². The second-order valence-electron chi connectivity index (χ2n) is 5.21. The zero-order valence-corrected chi connectivity index (χ0v) is 11.7. The van der Waals surface area contributed by atoms with E-state index in [4.69, 9.17) is 5.73 Å². The third-order valence-corrected chi connectivity index (χ3v) is 3.55. The Bertz CT molecular complexity index is 574. The zero-order chi connectivity index (χ0) is 14.0. The van der Waals surface area contributed by atoms with Gasteiger partial charge in [0.15, 0.2) is 0 Å². The molecule has 0 saturated heterocycles. The van der Waals surface area contributed by atoms with Crippen LogP contribution in [-0.2, 0) is 11.2 Å². The van der Waals surface area contributed by atoms with E-state index in [2.05, 4.69) is 4.98 Å². The molecule has 0 radical (unpaired) electrons. The van der Waals surface area contributed by atoms with E-state index in [1.807, 2.05) is 44.3 Å². The van der Waals surface area contributed by atoms with Crippen molar-refractivity contribution < 1.29 is 4.79 Å². The number of aromatic nitrogens is 1. The molecular weight excluding hydrogens is 238 g/mol. The van der Waals surface area contributed by atoms with Gasteiger partial charge in [-0.1, -0.05) is 18.2 Å². The van der Waals surface area contributed by atoms with E-state index in [0.29, 0.717) is 6.42 Å². The van der Waals surface area contributed by atoms with Gasteiger partial charge in [0, 0.05) is 30.2 Å². The predicted octanol–water partition coefficient (Wildman–Crippen LogP) is 1.90. The lowest BCUT2D eigenvalue weighted by Crippen LogP contribution is -2.45. The van der Waals surface area contributed by atoms with E-state index < -0.39 is 6.04 Å². The van der Waals surface area contributed by atoms with E-state index in [1.54, 1.807) is 11.9 Å². The van der Waals surface area contributed by atoms with Crippen molar-refractivity contribution >= 4 is 16.8 Å². The van der Waals surface area contributed by atoms with Crippen molar-refractivity contribution in [2.24, 2.45) is 5.73 Å². The van der Waals surface area contributed by atoms with Crippen LogP contribution in [-0.4, -0.2) is 34.9 Å². The predicted molar refractivity (Wildman–Crippen MR) is 77.9 cm³/mol. The summed E-state index contributed by atoms with van der Waals surface area (Å²) in [7, 11) is 1.79. The van der Waals surface area contributed by atoms with Gasteiger partial charge in [0.1, 0.15) is 0 Å². The number of rotatable bonds is 4. The van der Waals surface area contributed by atoms with E-state index in [0.717, 1.165) is 16.5 Å². The molecule has 2 aromatic rings. The molecule has 0 spiro atoms. The topological polar surface area (TPSA) is 62.1 Å². The van der Waals surface area contributed by atoms with Crippen molar-refractivity contribution in [1.29, 1.82) is 0 Å². The van der Waals surface area contributed by atoms with Gasteiger partial charge in [-0.2, -0.15) is 0 Å². The summed E-state index contributed by atoms with van der Waals surface area (Å²) in [6, 6.07) is 7.72. The first-order valence-corrected chi connectivity index (χ1v) is 6.58. The maximum Gasteiger partial charge on any atom is 0.239 e. The molecule has 1 unspecified atom stereocenters. The molecule has 1 amide bonds. The minimum Gasteiger partial charge on any atom is -0.361 e. The smallest absolute Gasteiger partial charge is 0.239 e. The molecule has 0 aliphatic carbocycles. The fourth-order valence-electron chi connectivity index (χ4n) is 2.14. The Kier molecular flexibility index (Phi) is 3.90. The molecule has 4 heteroatoms. The molecule has 1 atom stereocenters. The van der Waals surface area contributed by atoms with Gasteiger partial charge < -0.3 is 15.6 Å². The lowest BCUT2D eigenvalue weighted by Gasteiger charge is -2.24. The largest absolute Gasteiger partial charge is 0.361 e. The number of carbonyl (C=O) groups is 1. The van der Waals surface area contributed by atoms with Crippen LogP contribution in [0.3, 0.4) is 0 Å². The van der Waals surface area contributed by atoms with Crippen molar-refractivity contribution in [2.75, 3.05) is 7.05 Å². The molecule has 1 aromatic carbocycles. The fraction of sp³-hybridized carbons (Fsp3) is 0.400. The minimum atomic E-state index is -0.494. The van der Waals surface area contributed by atoms with Gasteiger partial charge in [-0.25, -0.2) is 0 Å². The summed E-state index contributed by atoms with van der Waals surface area (Å²) in [6.45, 7) is 3.96. The second-order valence-corrected chi connectivity index (χ2v) is 5.21. The van der Waals surface area contributed by atoms with Gasteiger partial charge in [-0.05, 0) is 31.9 Å². The average Bonchev–Trinajstić information content (AvgIpc) is 2.80. The Morgan fingerprint density at radius 2 is 2.05 bits per heavy atom. The van der Waals surface area contributed by atoms with Gasteiger partial charge in [0.2, 0.25) is 5.91 Å². The Morgan fingerprint density at radius 3 is 2.74 bits per heavy atom. The maximum atomic E-state index is 12.1. The molecular formula is C15H21N3O. The quantitative estimate of drug-likeness (QED) is 0.881. The van der Waals surface area contributed by atoms with Crippen molar-refractivity contribution in [1.82, 2.24) is 9.88 Å². The highest BCUT2D eigenvalue weighted by Crippen LogP contribution is 2.19. The number of aromatic amines is 1. The number of amides is 1. The highest BCUT2D eigenvalue weighted by atomic mass is 16.2. The van der Waals surface area contributed by atoms with Crippen molar-refractivity contribution in [2.45, 2.75) is 32.4 Å². The van der Waals surface area contributed by atoms with Gasteiger partial charge in [-0.15, -0.1) is 0 Å². The normalized spacial score (nSPS) is 12.9. The van der Waals surface area contributed by atoms with Crippen LogP contribution in [0.1, 0.15) is 19.4 Å². The zero-order valence-electron chi connectivity index (χ0n) is 11.7. The monoisotopic (exact) mass is 259 g/mol. The van der Waals surface area contributed by atoms with Gasteiger partial charge >= 0.3 is 0 Å². The molecule has 0 aliphatic heterocycles. The standard InChI is InChI=1S/C15H21N3O/c1-10(2)18(3)15(19)13(16)8-11-9-17-14-7-5-4-6-12(11)14/h4-7,9-10,13,17H,8,16H2,1-3H3. The number of carbonyl (C=O) groups excluding carboxylic acids is 1. The van der Waals surface area contributed by atoms with E-state index >= 15 is 0 Å². The second kappa shape index (κ2) is 5.45. The number of hydrogen-bond donors (Lipinski definition) is 2. The first-order chi connectivity index (χ1) is 9.00. The molecule has 0 saturated carbocycles. The van der Waals surface area contributed by atoms with Crippen LogP contribution >= 0.6 is 0 Å². The van der Waals surface area contributed by atoms with Crippen LogP contribution in [0.25, 0.3) is 10.9 Å². The van der Waals surface area contributed by atoms with E-state index in [1.165, 1.54) is 0 Å². The number of para-hydroxylation sites is 1. The first kappa shape index (κ1) is 13.6. The van der Waals surface area contributed by atoms with Crippen molar-refractivity contribution in [3.8, 4) is 0 Å². The number of benzene rings is 1. The first-order valence-electron chi connectivity index (χ1n) is 6.58.